The van der Waals surface area contributed by atoms with Crippen molar-refractivity contribution in [1.82, 2.24) is 5.32 Å². The summed E-state index contributed by atoms with van der Waals surface area (Å²) in [6, 6.07) is -0.672. The van der Waals surface area contributed by atoms with Gasteiger partial charge < -0.3 is 179 Å². The molecule has 0 aromatic heterocycles. The molecule has 0 spiro atoms. The molecule has 21 saturated heterocycles. The van der Waals surface area contributed by atoms with Gasteiger partial charge in [-0.15, -0.1) is 0 Å². The largest absolute Gasteiger partial charge is 0.394 e. The maximum absolute atomic E-state index is 11.8. The van der Waals surface area contributed by atoms with Gasteiger partial charge in [0.1, 0.15) is 171 Å². The van der Waals surface area contributed by atoms with Crippen LogP contribution in [0.5, 0.6) is 0 Å². The van der Waals surface area contributed by atoms with E-state index < -0.39 is 255 Å². The number of nitrogens with one attached hydrogen (secondary N) is 1. The van der Waals surface area contributed by atoms with Crippen molar-refractivity contribution < 1.29 is 168 Å². The maximum atomic E-state index is 11.8. The average molecular weight is 1230 g/mol. The van der Waals surface area contributed by atoms with Gasteiger partial charge >= 0.3 is 0 Å². The van der Waals surface area contributed by atoms with Gasteiger partial charge in [-0.25, -0.2) is 0 Å². The van der Waals surface area contributed by atoms with Gasteiger partial charge in [-0.05, 0) is 12.8 Å². The standard InChI is InChI=1S/C48H82N2O34/c49-12-3-1-2-4-13(12)50-5-14-35-21(57)28(64)42(71-14)79-36-15(6-51)73-44(30(66)23(36)59)81-38-17(8-53)75-46(32(68)25(38)61)83-40-19(10-55)77-48(34(70)27(40)63)84-41-20(11-56)76-47(33(69)26(41)62)82-39-18(9-54)74-45(31(67)24(39)60)80-37-16(7-52)72-43(78-35)29(65)22(37)58/h12-48,50-70H,1-11,49H2/t12-,13-,14+,15+,16+,17+,18+,19+,20+,21+,22+,23+,24+,25+,26+,27+,28+,29+,30+,31+,32+,33+,34+,35+,36+,37+,38+,39+,40+,41+,42+,43+,44+,45+,46+,47+,48+/m0/s1. The lowest BCUT2D eigenvalue weighted by Crippen LogP contribution is -2.68. The molecule has 0 unspecified atom stereocenters. The van der Waals surface area contributed by atoms with E-state index in [2.05, 4.69) is 5.32 Å². The number of ether oxygens (including phenoxy) is 14. The third kappa shape index (κ3) is 13.5. The van der Waals surface area contributed by atoms with Gasteiger partial charge in [0.25, 0.3) is 0 Å². The molecule has 22 rings (SSSR count). The Morgan fingerprint density at radius 1 is 0.262 bits per heavy atom. The Bertz CT molecular complexity index is 2020. The summed E-state index contributed by atoms with van der Waals surface area (Å²) in [5, 5.41) is 227. The molecule has 21 heterocycles. The molecule has 1 saturated carbocycles. The van der Waals surface area contributed by atoms with Crippen LogP contribution in [0.3, 0.4) is 0 Å². The molecule has 36 heteroatoms. The summed E-state index contributed by atoms with van der Waals surface area (Å²) in [5.41, 5.74) is 6.41. The second-order valence-corrected chi connectivity index (χ2v) is 22.4. The Labute approximate surface area is 477 Å². The zero-order valence-corrected chi connectivity index (χ0v) is 44.9. The number of rotatable bonds is 9. The first-order chi connectivity index (χ1) is 40.1. The van der Waals surface area contributed by atoms with Gasteiger partial charge in [-0.1, -0.05) is 12.8 Å². The fraction of sp³-hybridized carbons (Fsp3) is 1.00. The summed E-state index contributed by atoms with van der Waals surface area (Å²) in [4.78, 5) is 0. The van der Waals surface area contributed by atoms with Crippen molar-refractivity contribution in [1.29, 1.82) is 0 Å². The molecule has 84 heavy (non-hydrogen) atoms. The molecule has 22 aliphatic rings. The quantitative estimate of drug-likeness (QED) is 0.102. The molecule has 23 N–H and O–H groups in total. The van der Waals surface area contributed by atoms with Crippen LogP contribution in [0, 0.1) is 0 Å². The van der Waals surface area contributed by atoms with Crippen LogP contribution in [0.4, 0.5) is 0 Å². The Morgan fingerprint density at radius 2 is 0.452 bits per heavy atom. The molecular weight excluding hydrogens is 1150 g/mol. The van der Waals surface area contributed by atoms with E-state index in [0.29, 0.717) is 12.8 Å². The molecule has 36 nitrogen and oxygen atoms in total. The van der Waals surface area contributed by atoms with Crippen LogP contribution in [0.2, 0.25) is 0 Å². The van der Waals surface area contributed by atoms with Crippen molar-refractivity contribution >= 4 is 0 Å². The number of hydrogen-bond donors (Lipinski definition) is 22. The predicted octanol–water partition coefficient (Wildman–Crippen LogP) is -14.4. The highest BCUT2D eigenvalue weighted by molar-refractivity contribution is 5.02. The summed E-state index contributed by atoms with van der Waals surface area (Å²) in [6.45, 7) is -6.43. The minimum atomic E-state index is -2.20. The molecule has 1 aliphatic carbocycles. The van der Waals surface area contributed by atoms with Crippen LogP contribution in [0.25, 0.3) is 0 Å². The number of nitrogens with two attached hydrogens (primary N) is 1. The first kappa shape index (κ1) is 67.0. The van der Waals surface area contributed by atoms with Crippen LogP contribution in [0.1, 0.15) is 25.7 Å². The highest BCUT2D eigenvalue weighted by atomic mass is 16.8. The van der Waals surface area contributed by atoms with E-state index in [-0.39, 0.29) is 18.6 Å². The van der Waals surface area contributed by atoms with Gasteiger partial charge in [0, 0.05) is 18.6 Å². The Balaban J connectivity index is 1.01. The van der Waals surface area contributed by atoms with Crippen LogP contribution < -0.4 is 11.1 Å². The van der Waals surface area contributed by atoms with E-state index in [1.54, 1.807) is 0 Å². The fourth-order valence-corrected chi connectivity index (χ4v) is 12.1. The molecule has 0 aromatic rings. The molecule has 0 aromatic carbocycles. The molecule has 22 fully saturated rings. The lowest BCUT2D eigenvalue weighted by molar-refractivity contribution is -0.396. The fourth-order valence-electron chi connectivity index (χ4n) is 12.1. The van der Waals surface area contributed by atoms with Crippen molar-refractivity contribution in [3.8, 4) is 0 Å². The summed E-state index contributed by atoms with van der Waals surface area (Å²) in [7, 11) is 0. The average Bonchev–Trinajstić information content (AvgIpc) is 1.23. The zero-order valence-electron chi connectivity index (χ0n) is 44.9. The van der Waals surface area contributed by atoms with Gasteiger partial charge in [-0.3, -0.25) is 0 Å². The van der Waals surface area contributed by atoms with E-state index in [1.165, 1.54) is 0 Å². The Morgan fingerprint density at radius 3 is 0.655 bits per heavy atom. The van der Waals surface area contributed by atoms with E-state index in [0.717, 1.165) is 12.8 Å². The van der Waals surface area contributed by atoms with Gasteiger partial charge in [0.05, 0.1) is 39.6 Å². The summed E-state index contributed by atoms with van der Waals surface area (Å²) in [5.74, 6) is 0. The molecule has 14 bridgehead atoms. The smallest absolute Gasteiger partial charge is 0.187 e. The first-order valence-electron chi connectivity index (χ1n) is 27.9. The van der Waals surface area contributed by atoms with E-state index in [1.807, 2.05) is 0 Å². The van der Waals surface area contributed by atoms with Crippen molar-refractivity contribution in [2.75, 3.05) is 46.2 Å². The van der Waals surface area contributed by atoms with Gasteiger partial charge in [0.15, 0.2) is 44.0 Å². The molecule has 0 amide bonds. The Kier molecular flexibility index (Phi) is 23.0. The molecular formula is C48H82N2O34. The Hall–Kier alpha value is -1.44. The molecule has 37 atom stereocenters. The van der Waals surface area contributed by atoms with Crippen LogP contribution in [-0.2, 0) is 66.3 Å². The van der Waals surface area contributed by atoms with Crippen molar-refractivity contribution in [3.05, 3.63) is 0 Å². The second kappa shape index (κ2) is 28.8. The maximum Gasteiger partial charge on any atom is 0.187 e. The van der Waals surface area contributed by atoms with E-state index >= 15 is 0 Å². The third-order valence-corrected chi connectivity index (χ3v) is 17.0. The summed E-state index contributed by atoms with van der Waals surface area (Å²) >= 11 is 0. The lowest BCUT2D eigenvalue weighted by atomic mass is 9.90. The molecule has 21 aliphatic heterocycles. The first-order valence-corrected chi connectivity index (χ1v) is 27.9. The number of aliphatic hydroxyl groups excluding tert-OH is 20. The van der Waals surface area contributed by atoms with Crippen molar-refractivity contribution in [3.63, 3.8) is 0 Å². The van der Waals surface area contributed by atoms with E-state index in [4.69, 9.17) is 72.0 Å². The highest BCUT2D eigenvalue weighted by Crippen LogP contribution is 2.39. The monoisotopic (exact) mass is 1230 g/mol. The minimum absolute atomic E-state index is 0.243. The van der Waals surface area contributed by atoms with Crippen molar-refractivity contribution in [2.45, 2.75) is 253 Å². The molecule has 0 radical (unpaired) electrons. The normalized spacial score (nSPS) is 54.6. The van der Waals surface area contributed by atoms with Gasteiger partial charge in [0.2, 0.25) is 0 Å². The lowest BCUT2D eigenvalue weighted by Gasteiger charge is -2.50. The summed E-state index contributed by atoms with van der Waals surface area (Å²) < 4.78 is 81.5. The number of aliphatic hydroxyl groups is 20. The minimum Gasteiger partial charge on any atom is -0.394 e. The predicted molar refractivity (Wildman–Crippen MR) is 260 cm³/mol. The van der Waals surface area contributed by atoms with Crippen molar-refractivity contribution in [2.24, 2.45) is 5.73 Å². The summed E-state index contributed by atoms with van der Waals surface area (Å²) in [6.07, 6.45) is -66.3. The third-order valence-electron chi connectivity index (χ3n) is 17.0. The van der Waals surface area contributed by atoms with Crippen LogP contribution >= 0.6 is 0 Å². The molecule has 488 valence electrons. The van der Waals surface area contributed by atoms with Gasteiger partial charge in [-0.2, -0.15) is 0 Å². The second-order valence-electron chi connectivity index (χ2n) is 22.4. The van der Waals surface area contributed by atoms with Crippen LogP contribution in [-0.4, -0.2) is 375 Å². The SMILES string of the molecule is N[C@H]1CCCC[C@@H]1NC[C@H]1O[C@@H]2O[C@H]3[C@H](O)[C@@H](O)[C@@H](O[C@H]4[C@H](O)[C@@H](O)[C@@H](O[C@H]5[C@H](O)[C@@H](O)[C@@H](O[C@H]6[C@H](O)[C@@H](O)[C@@H](O[C@H]7[C@H](O)[C@@H](O)[C@@H](O[C@H]8[C@H](O)[C@@H](O)[C@@H](O[C@H]1[C@H](O)[C@H]2O)O[C@@H]8CO)O[C@@H]7CO)O[C@@H]6CO)O[C@@H]5CO)O[C@@H]4CO)O[C@@H]3CO. The number of hydrogen-bond acceptors (Lipinski definition) is 36. The highest BCUT2D eigenvalue weighted by Gasteiger charge is 2.59. The van der Waals surface area contributed by atoms with E-state index in [9.17, 15) is 102 Å². The zero-order chi connectivity index (χ0) is 60.7. The topological polar surface area (TPSA) is 572 Å². The van der Waals surface area contributed by atoms with Crippen LogP contribution in [0.15, 0.2) is 0 Å².